The summed E-state index contributed by atoms with van der Waals surface area (Å²) >= 11 is 11.4. The Morgan fingerprint density at radius 1 is 0.344 bits per heavy atom. The van der Waals surface area contributed by atoms with Crippen LogP contribution in [0, 0.1) is 0 Å². The summed E-state index contributed by atoms with van der Waals surface area (Å²) < 4.78 is 5.25. The van der Waals surface area contributed by atoms with Crippen LogP contribution >= 0.6 is 68.0 Å². The van der Waals surface area contributed by atoms with Gasteiger partial charge in [-0.2, -0.15) is 0 Å². The summed E-state index contributed by atoms with van der Waals surface area (Å²) in [4.78, 5) is 11.1. The molecule has 0 saturated carbocycles. The summed E-state index contributed by atoms with van der Waals surface area (Å²) in [7, 11) is 0. The van der Waals surface area contributed by atoms with E-state index in [-0.39, 0.29) is 12.1 Å². The van der Waals surface area contributed by atoms with Gasteiger partial charge in [-0.1, -0.05) is 97.1 Å². The molecule has 8 heteroatoms. The molecule has 64 heavy (non-hydrogen) atoms. The fourth-order valence-corrected chi connectivity index (χ4v) is 17.5. The number of rotatable bonds is 6. The van der Waals surface area contributed by atoms with Gasteiger partial charge >= 0.3 is 0 Å². The third-order valence-electron chi connectivity index (χ3n) is 13.5. The molecule has 6 heterocycles. The Morgan fingerprint density at radius 2 is 0.703 bits per heavy atom. The molecule has 0 atom stereocenters. The van der Waals surface area contributed by atoms with Gasteiger partial charge in [0.2, 0.25) is 0 Å². The molecule has 0 fully saturated rings. The van der Waals surface area contributed by atoms with Gasteiger partial charge in [0.05, 0.1) is 52.4 Å². The Morgan fingerprint density at radius 3 is 1.11 bits per heavy atom. The van der Waals surface area contributed by atoms with Gasteiger partial charge < -0.3 is 9.80 Å². The number of hydrogen-bond donors (Lipinski definition) is 0. The van der Waals surface area contributed by atoms with Crippen molar-refractivity contribution in [3.05, 3.63) is 201 Å². The van der Waals surface area contributed by atoms with Crippen molar-refractivity contribution in [3.63, 3.8) is 0 Å². The van der Waals surface area contributed by atoms with Crippen molar-refractivity contribution in [1.29, 1.82) is 0 Å². The Kier molecular flexibility index (Phi) is 7.77. The predicted octanol–water partition coefficient (Wildman–Crippen LogP) is 18.8. The van der Waals surface area contributed by atoms with E-state index >= 15 is 0 Å². The molecule has 6 aromatic heterocycles. The van der Waals surface area contributed by atoms with Crippen LogP contribution in [0.15, 0.2) is 179 Å². The molecule has 2 nitrogen and oxygen atoms in total. The summed E-state index contributed by atoms with van der Waals surface area (Å²) in [5.74, 6) is 0. The van der Waals surface area contributed by atoms with Crippen molar-refractivity contribution in [2.24, 2.45) is 0 Å². The second-order valence-corrected chi connectivity index (χ2v) is 22.5. The number of benzene rings is 7. The van der Waals surface area contributed by atoms with E-state index in [9.17, 15) is 0 Å². The van der Waals surface area contributed by atoms with Gasteiger partial charge in [0, 0.05) is 42.3 Å². The van der Waals surface area contributed by atoms with Crippen molar-refractivity contribution >= 4 is 153 Å². The summed E-state index contributed by atoms with van der Waals surface area (Å²) in [5.41, 5.74) is 10.6. The first-order valence-corrected chi connectivity index (χ1v) is 26.6. The first kappa shape index (κ1) is 36.3. The monoisotopic (exact) mass is 924 g/mol. The molecule has 0 amide bonds. The van der Waals surface area contributed by atoms with E-state index in [4.69, 9.17) is 0 Å². The molecule has 2 aliphatic carbocycles. The molecule has 302 valence electrons. The molecular weight excluding hydrogens is 893 g/mol. The molecule has 0 unspecified atom stereocenters. The van der Waals surface area contributed by atoms with Gasteiger partial charge in [0.15, 0.2) is 0 Å². The van der Waals surface area contributed by atoms with E-state index < -0.39 is 0 Å². The molecule has 0 N–H and O–H groups in total. The summed E-state index contributed by atoms with van der Waals surface area (Å²) in [6, 6.07) is 59.9. The SMILES string of the molecule is c1ccc2cc(N(c3c4sc5ccccc5c4c(N(c4ccc5ccccc5c4)C4c5ccsc5-c5sccc54)c4sc5ccccc5c34)C3c4ccsc4-c4sccc43)ccc2c1. The zero-order valence-electron chi connectivity index (χ0n) is 33.8. The van der Waals surface area contributed by atoms with Crippen LogP contribution in [-0.4, -0.2) is 0 Å². The Labute approximate surface area is 392 Å². The Hall–Kier alpha value is -6.10. The first-order chi connectivity index (χ1) is 31.8. The van der Waals surface area contributed by atoms with Crippen molar-refractivity contribution in [2.45, 2.75) is 12.1 Å². The van der Waals surface area contributed by atoms with Gasteiger partial charge in [0.25, 0.3) is 0 Å². The summed E-state index contributed by atoms with van der Waals surface area (Å²) in [5, 5.41) is 19.4. The molecule has 0 saturated heterocycles. The average Bonchev–Trinajstić information content (AvgIpc) is 4.20. The lowest BCUT2D eigenvalue weighted by Gasteiger charge is -2.36. The second-order valence-electron chi connectivity index (χ2n) is 16.7. The minimum atomic E-state index is -0.00191. The number of thiophene rings is 6. The minimum Gasteiger partial charge on any atom is -0.328 e. The van der Waals surface area contributed by atoms with Crippen molar-refractivity contribution in [1.82, 2.24) is 0 Å². The van der Waals surface area contributed by atoms with Gasteiger partial charge in [-0.15, -0.1) is 68.0 Å². The third-order valence-corrected chi connectivity index (χ3v) is 19.9. The van der Waals surface area contributed by atoms with Crippen LogP contribution in [0.3, 0.4) is 0 Å². The van der Waals surface area contributed by atoms with E-state index in [1.54, 1.807) is 0 Å². The van der Waals surface area contributed by atoms with Crippen molar-refractivity contribution in [2.75, 3.05) is 9.80 Å². The van der Waals surface area contributed by atoms with Crippen LogP contribution in [0.25, 0.3) is 81.4 Å². The maximum absolute atomic E-state index is 2.75. The molecule has 13 aromatic rings. The molecule has 0 radical (unpaired) electrons. The fraction of sp³-hybridized carbons (Fsp3) is 0.0357. The molecule has 0 bridgehead atoms. The number of hydrogen-bond acceptors (Lipinski definition) is 8. The van der Waals surface area contributed by atoms with E-state index in [2.05, 4.69) is 189 Å². The maximum atomic E-state index is 2.75. The normalized spacial score (nSPS) is 13.5. The van der Waals surface area contributed by atoms with Crippen LogP contribution < -0.4 is 9.80 Å². The van der Waals surface area contributed by atoms with Crippen LogP contribution in [0.1, 0.15) is 34.3 Å². The smallest absolute Gasteiger partial charge is 0.0874 e. The standard InChI is InChI=1S/C56H32N2S6/c1-3-11-33-29-35(19-17-31(33)9-1)57(47-39-21-25-59-51(39)52-40(47)22-26-60-52)49-45-37-13-5-7-15-43(37)64-56(45)50(46-38-14-6-8-16-44(38)63-55(46)49)58(36-20-18-32-10-2-4-12-34(32)30-36)48-41-23-27-61-53(41)54-42(48)24-28-62-54/h1-30,47-48H. The molecule has 7 aromatic carbocycles. The van der Waals surface area contributed by atoms with Crippen LogP contribution in [-0.2, 0) is 0 Å². The van der Waals surface area contributed by atoms with Crippen LogP contribution in [0.4, 0.5) is 22.7 Å². The second kappa shape index (κ2) is 13.7. The first-order valence-electron chi connectivity index (χ1n) is 21.4. The van der Waals surface area contributed by atoms with E-state index in [0.29, 0.717) is 0 Å². The molecule has 0 aliphatic heterocycles. The lowest BCUT2D eigenvalue weighted by Crippen LogP contribution is -2.25. The highest BCUT2D eigenvalue weighted by Gasteiger charge is 2.42. The quantitative estimate of drug-likeness (QED) is 0.153. The topological polar surface area (TPSA) is 6.48 Å². The van der Waals surface area contributed by atoms with E-state index in [1.807, 2.05) is 68.0 Å². The minimum absolute atomic E-state index is 0.00191. The maximum Gasteiger partial charge on any atom is 0.0874 e. The van der Waals surface area contributed by atoms with Crippen molar-refractivity contribution < 1.29 is 0 Å². The number of anilines is 4. The molecular formula is C56H32N2S6. The predicted molar refractivity (Wildman–Crippen MR) is 283 cm³/mol. The molecule has 2 aliphatic rings. The van der Waals surface area contributed by atoms with Crippen molar-refractivity contribution in [3.8, 4) is 19.5 Å². The third kappa shape index (κ3) is 4.98. The average molecular weight is 925 g/mol. The summed E-state index contributed by atoms with van der Waals surface area (Å²) in [6.45, 7) is 0. The lowest BCUT2D eigenvalue weighted by atomic mass is 9.96. The van der Waals surface area contributed by atoms with Gasteiger partial charge in [-0.25, -0.2) is 0 Å². The van der Waals surface area contributed by atoms with Crippen LogP contribution in [0.5, 0.6) is 0 Å². The van der Waals surface area contributed by atoms with E-state index in [1.165, 1.54) is 126 Å². The molecule has 15 rings (SSSR count). The Balaban J connectivity index is 1.14. The van der Waals surface area contributed by atoms with Gasteiger partial charge in [-0.3, -0.25) is 0 Å². The van der Waals surface area contributed by atoms with Gasteiger partial charge in [0.1, 0.15) is 0 Å². The summed E-state index contributed by atoms with van der Waals surface area (Å²) in [6.07, 6.45) is 0. The number of nitrogens with zero attached hydrogens (tertiary/aromatic N) is 2. The van der Waals surface area contributed by atoms with Gasteiger partial charge in [-0.05, 0) is 126 Å². The fourth-order valence-electron chi connectivity index (χ4n) is 10.8. The Bertz CT molecular complexity index is 3700. The zero-order chi connectivity index (χ0) is 41.6. The zero-order valence-corrected chi connectivity index (χ0v) is 38.7. The lowest BCUT2D eigenvalue weighted by molar-refractivity contribution is 0.850. The van der Waals surface area contributed by atoms with Crippen LogP contribution in [0.2, 0.25) is 0 Å². The van der Waals surface area contributed by atoms with E-state index in [0.717, 1.165) is 0 Å². The molecule has 0 spiro atoms. The largest absolute Gasteiger partial charge is 0.328 e. The highest BCUT2D eigenvalue weighted by Crippen LogP contribution is 2.63. The highest BCUT2D eigenvalue weighted by atomic mass is 32.1. The number of fused-ring (bicyclic) bond motifs is 14. The highest BCUT2D eigenvalue weighted by molar-refractivity contribution is 7.29.